The standard InChI is InChI=1S/C9H10N2O2/c10-9(13)11-5-6-3-1-2-4-7(6)8(11)12/h1-4,8,12H,5H2,(H2,10,13). The van der Waals surface area contributed by atoms with Crippen molar-refractivity contribution in [3.05, 3.63) is 35.4 Å². The van der Waals surface area contributed by atoms with Crippen LogP contribution in [0.3, 0.4) is 0 Å². The summed E-state index contributed by atoms with van der Waals surface area (Å²) < 4.78 is 0. The van der Waals surface area contributed by atoms with E-state index in [0.29, 0.717) is 6.54 Å². The lowest BCUT2D eigenvalue weighted by molar-refractivity contribution is 0.0444. The van der Waals surface area contributed by atoms with Crippen LogP contribution in [0.5, 0.6) is 0 Å². The van der Waals surface area contributed by atoms with E-state index in [1.807, 2.05) is 18.2 Å². The normalized spacial score (nSPS) is 20.1. The van der Waals surface area contributed by atoms with Gasteiger partial charge in [0.2, 0.25) is 0 Å². The van der Waals surface area contributed by atoms with Gasteiger partial charge in [0, 0.05) is 5.56 Å². The minimum absolute atomic E-state index is 0.396. The lowest BCUT2D eigenvalue weighted by Gasteiger charge is -2.17. The highest BCUT2D eigenvalue weighted by atomic mass is 16.3. The van der Waals surface area contributed by atoms with E-state index in [1.54, 1.807) is 6.07 Å². The highest BCUT2D eigenvalue weighted by molar-refractivity contribution is 5.73. The summed E-state index contributed by atoms with van der Waals surface area (Å²) in [7, 11) is 0. The molecule has 1 aliphatic rings. The molecule has 68 valence electrons. The van der Waals surface area contributed by atoms with Gasteiger partial charge in [-0.05, 0) is 5.56 Å². The minimum atomic E-state index is -0.881. The van der Waals surface area contributed by atoms with Gasteiger partial charge in [0.05, 0.1) is 6.54 Å². The molecule has 1 atom stereocenters. The summed E-state index contributed by atoms with van der Waals surface area (Å²) in [5, 5.41) is 9.64. The summed E-state index contributed by atoms with van der Waals surface area (Å²) in [5.41, 5.74) is 6.81. The Kier molecular flexibility index (Phi) is 1.70. The maximum absolute atomic E-state index is 10.9. The third kappa shape index (κ3) is 1.15. The number of hydrogen-bond acceptors (Lipinski definition) is 2. The van der Waals surface area contributed by atoms with E-state index >= 15 is 0 Å². The van der Waals surface area contributed by atoms with Crippen molar-refractivity contribution in [1.29, 1.82) is 0 Å². The average Bonchev–Trinajstić information content (AvgIpc) is 2.45. The first kappa shape index (κ1) is 8.07. The molecule has 1 aliphatic heterocycles. The van der Waals surface area contributed by atoms with Crippen LogP contribution >= 0.6 is 0 Å². The number of aliphatic hydroxyl groups excluding tert-OH is 1. The fourth-order valence-electron chi connectivity index (χ4n) is 1.57. The molecule has 0 spiro atoms. The molecule has 4 heteroatoms. The van der Waals surface area contributed by atoms with Gasteiger partial charge in [0.25, 0.3) is 0 Å². The van der Waals surface area contributed by atoms with Crippen molar-refractivity contribution in [2.24, 2.45) is 5.73 Å². The van der Waals surface area contributed by atoms with Gasteiger partial charge in [-0.3, -0.25) is 4.90 Å². The number of urea groups is 1. The highest BCUT2D eigenvalue weighted by Gasteiger charge is 2.29. The van der Waals surface area contributed by atoms with Gasteiger partial charge in [0.1, 0.15) is 0 Å². The van der Waals surface area contributed by atoms with E-state index in [9.17, 15) is 9.90 Å². The summed E-state index contributed by atoms with van der Waals surface area (Å²) in [6.07, 6.45) is -0.881. The van der Waals surface area contributed by atoms with E-state index in [2.05, 4.69) is 0 Å². The first-order valence-corrected chi connectivity index (χ1v) is 4.02. The Labute approximate surface area is 75.6 Å². The van der Waals surface area contributed by atoms with Crippen LogP contribution in [0.25, 0.3) is 0 Å². The predicted octanol–water partition coefficient (Wildman–Crippen LogP) is 0.572. The van der Waals surface area contributed by atoms with Gasteiger partial charge in [-0.1, -0.05) is 24.3 Å². The molecule has 0 saturated carbocycles. The molecule has 2 amide bonds. The Morgan fingerprint density at radius 1 is 1.54 bits per heavy atom. The molecule has 0 aliphatic carbocycles. The van der Waals surface area contributed by atoms with Crippen molar-refractivity contribution in [2.75, 3.05) is 0 Å². The largest absolute Gasteiger partial charge is 0.369 e. The van der Waals surface area contributed by atoms with E-state index < -0.39 is 12.3 Å². The molecule has 0 radical (unpaired) electrons. The number of rotatable bonds is 0. The number of carbonyl (C=O) groups is 1. The van der Waals surface area contributed by atoms with Gasteiger partial charge in [-0.25, -0.2) is 4.79 Å². The van der Waals surface area contributed by atoms with E-state index in [4.69, 9.17) is 5.73 Å². The van der Waals surface area contributed by atoms with Gasteiger partial charge < -0.3 is 10.8 Å². The molecule has 1 aromatic carbocycles. The number of amides is 2. The SMILES string of the molecule is NC(=O)N1Cc2ccccc2C1O. The van der Waals surface area contributed by atoms with Crippen LogP contribution in [0.2, 0.25) is 0 Å². The second kappa shape index (κ2) is 2.74. The molecule has 3 N–H and O–H groups in total. The van der Waals surface area contributed by atoms with Crippen molar-refractivity contribution in [3.8, 4) is 0 Å². The fourth-order valence-corrected chi connectivity index (χ4v) is 1.57. The zero-order valence-electron chi connectivity index (χ0n) is 6.97. The first-order valence-electron chi connectivity index (χ1n) is 4.02. The van der Waals surface area contributed by atoms with Crippen molar-refractivity contribution in [3.63, 3.8) is 0 Å². The van der Waals surface area contributed by atoms with Crippen molar-refractivity contribution < 1.29 is 9.90 Å². The Hall–Kier alpha value is -1.55. The number of fused-ring (bicyclic) bond motifs is 1. The quantitative estimate of drug-likeness (QED) is 0.610. The fraction of sp³-hybridized carbons (Fsp3) is 0.222. The zero-order valence-corrected chi connectivity index (χ0v) is 6.97. The molecular weight excluding hydrogens is 168 g/mol. The molecule has 1 heterocycles. The molecule has 1 unspecified atom stereocenters. The summed E-state index contributed by atoms with van der Waals surface area (Å²) in [6.45, 7) is 0.396. The summed E-state index contributed by atoms with van der Waals surface area (Å²) >= 11 is 0. The van der Waals surface area contributed by atoms with Gasteiger partial charge in [-0.15, -0.1) is 0 Å². The van der Waals surface area contributed by atoms with Crippen LogP contribution in [0.4, 0.5) is 4.79 Å². The second-order valence-corrected chi connectivity index (χ2v) is 3.04. The number of nitrogens with zero attached hydrogens (tertiary/aromatic N) is 1. The number of primary amides is 1. The molecular formula is C9H10N2O2. The lowest BCUT2D eigenvalue weighted by Crippen LogP contribution is -2.34. The van der Waals surface area contributed by atoms with E-state index in [1.165, 1.54) is 4.90 Å². The molecule has 2 rings (SSSR count). The molecule has 4 nitrogen and oxygen atoms in total. The van der Waals surface area contributed by atoms with E-state index in [-0.39, 0.29) is 0 Å². The Morgan fingerprint density at radius 2 is 2.23 bits per heavy atom. The molecule has 0 bridgehead atoms. The Balaban J connectivity index is 2.38. The zero-order chi connectivity index (χ0) is 9.42. The molecule has 1 aromatic rings. The first-order chi connectivity index (χ1) is 6.20. The van der Waals surface area contributed by atoms with Crippen LogP contribution in [0.15, 0.2) is 24.3 Å². The van der Waals surface area contributed by atoms with Crippen LogP contribution in [0.1, 0.15) is 17.4 Å². The second-order valence-electron chi connectivity index (χ2n) is 3.04. The Morgan fingerprint density at radius 3 is 2.85 bits per heavy atom. The molecule has 13 heavy (non-hydrogen) atoms. The summed E-state index contributed by atoms with van der Waals surface area (Å²) in [4.78, 5) is 12.1. The average molecular weight is 178 g/mol. The van der Waals surface area contributed by atoms with Crippen LogP contribution in [-0.4, -0.2) is 16.0 Å². The van der Waals surface area contributed by atoms with Crippen LogP contribution in [-0.2, 0) is 6.54 Å². The predicted molar refractivity (Wildman–Crippen MR) is 46.5 cm³/mol. The minimum Gasteiger partial charge on any atom is -0.369 e. The van der Waals surface area contributed by atoms with Gasteiger partial charge in [0.15, 0.2) is 6.23 Å². The molecule has 0 saturated heterocycles. The van der Waals surface area contributed by atoms with Crippen molar-refractivity contribution in [2.45, 2.75) is 12.8 Å². The maximum Gasteiger partial charge on any atom is 0.317 e. The summed E-state index contributed by atoms with van der Waals surface area (Å²) in [5.74, 6) is 0. The smallest absolute Gasteiger partial charge is 0.317 e. The van der Waals surface area contributed by atoms with Crippen molar-refractivity contribution >= 4 is 6.03 Å². The van der Waals surface area contributed by atoms with Crippen LogP contribution in [0, 0.1) is 0 Å². The number of aliphatic hydroxyl groups is 1. The topological polar surface area (TPSA) is 66.6 Å². The number of hydrogen-bond donors (Lipinski definition) is 2. The van der Waals surface area contributed by atoms with Gasteiger partial charge in [-0.2, -0.15) is 0 Å². The number of benzene rings is 1. The highest BCUT2D eigenvalue weighted by Crippen LogP contribution is 2.30. The monoisotopic (exact) mass is 178 g/mol. The van der Waals surface area contributed by atoms with Crippen molar-refractivity contribution in [1.82, 2.24) is 4.90 Å². The molecule has 0 aromatic heterocycles. The summed E-state index contributed by atoms with van der Waals surface area (Å²) in [6, 6.07) is 6.77. The third-order valence-electron chi connectivity index (χ3n) is 2.25. The third-order valence-corrected chi connectivity index (χ3v) is 2.25. The number of nitrogens with two attached hydrogens (primary N) is 1. The van der Waals surface area contributed by atoms with Crippen LogP contribution < -0.4 is 5.73 Å². The number of carbonyl (C=O) groups excluding carboxylic acids is 1. The van der Waals surface area contributed by atoms with E-state index in [0.717, 1.165) is 11.1 Å². The maximum atomic E-state index is 10.9. The molecule has 0 fully saturated rings. The Bertz CT molecular complexity index is 351. The lowest BCUT2D eigenvalue weighted by atomic mass is 10.1. The van der Waals surface area contributed by atoms with Gasteiger partial charge >= 0.3 is 6.03 Å².